The third-order valence-electron chi connectivity index (χ3n) is 3.12. The van der Waals surface area contributed by atoms with Crippen molar-refractivity contribution < 1.29 is 13.9 Å². The van der Waals surface area contributed by atoms with Crippen molar-refractivity contribution in [3.8, 4) is 5.75 Å². The van der Waals surface area contributed by atoms with Crippen molar-refractivity contribution in [3.05, 3.63) is 40.2 Å². The third-order valence-corrected chi connectivity index (χ3v) is 3.89. The second-order valence-corrected chi connectivity index (χ2v) is 5.25. The first kappa shape index (κ1) is 15.4. The highest BCUT2D eigenvalue weighted by Crippen LogP contribution is 2.22. The van der Waals surface area contributed by atoms with E-state index in [0.29, 0.717) is 22.6 Å². The fourth-order valence-corrected chi connectivity index (χ4v) is 2.56. The monoisotopic (exact) mass is 309 g/mol. The Kier molecular flexibility index (Phi) is 4.85. The van der Waals surface area contributed by atoms with Crippen molar-refractivity contribution in [2.75, 3.05) is 7.11 Å². The maximum Gasteiger partial charge on any atom is 0.265 e. The summed E-state index contributed by atoms with van der Waals surface area (Å²) < 4.78 is 22.3. The molecule has 0 saturated carbocycles. The zero-order valence-corrected chi connectivity index (χ0v) is 12.8. The van der Waals surface area contributed by atoms with Crippen molar-refractivity contribution in [1.29, 1.82) is 0 Å². The molecule has 0 aliphatic rings. The van der Waals surface area contributed by atoms with E-state index >= 15 is 0 Å². The second-order valence-electron chi connectivity index (χ2n) is 4.49. The molecule has 1 atom stereocenters. The number of nitrogens with zero attached hydrogens (tertiary/aromatic N) is 2. The Bertz CT molecular complexity index is 645. The highest BCUT2D eigenvalue weighted by Gasteiger charge is 2.18. The van der Waals surface area contributed by atoms with Crippen molar-refractivity contribution in [2.45, 2.75) is 26.3 Å². The van der Waals surface area contributed by atoms with Gasteiger partial charge in [0.1, 0.15) is 4.88 Å². The number of aryl methyl sites for hydroxylation is 1. The molecule has 0 saturated heterocycles. The molecule has 0 fully saturated rings. The van der Waals surface area contributed by atoms with Gasteiger partial charge in [0.15, 0.2) is 11.6 Å². The maximum absolute atomic E-state index is 13.7. The van der Waals surface area contributed by atoms with Crippen LogP contribution in [0.2, 0.25) is 0 Å². The van der Waals surface area contributed by atoms with Crippen LogP contribution in [0, 0.1) is 5.82 Å². The summed E-state index contributed by atoms with van der Waals surface area (Å²) in [6, 6.07) is 4.29. The number of hydrogen-bond acceptors (Lipinski definition) is 5. The molecule has 21 heavy (non-hydrogen) atoms. The number of amides is 1. The summed E-state index contributed by atoms with van der Waals surface area (Å²) in [7, 11) is 1.41. The zero-order valence-electron chi connectivity index (χ0n) is 12.0. The minimum absolute atomic E-state index is 0.178. The standard InChI is InChI=1S/C14H16FN3O2S/c1-4-11-13(21-18-17-11)14(19)16-8(2)9-5-6-12(20-3)10(15)7-9/h5-8H,4H2,1-3H3,(H,16,19)/t8-/m0/s1. The van der Waals surface area contributed by atoms with Crippen LogP contribution in [-0.2, 0) is 6.42 Å². The highest BCUT2D eigenvalue weighted by atomic mass is 32.1. The summed E-state index contributed by atoms with van der Waals surface area (Å²) >= 11 is 1.06. The van der Waals surface area contributed by atoms with Gasteiger partial charge in [-0.05, 0) is 42.6 Å². The molecule has 2 rings (SSSR count). The quantitative estimate of drug-likeness (QED) is 0.922. The Hall–Kier alpha value is -2.02. The van der Waals surface area contributed by atoms with E-state index in [1.807, 2.05) is 6.92 Å². The summed E-state index contributed by atoms with van der Waals surface area (Å²) in [5.41, 5.74) is 1.34. The fraction of sp³-hybridized carbons (Fsp3) is 0.357. The van der Waals surface area contributed by atoms with Gasteiger partial charge in [0.05, 0.1) is 18.8 Å². The fourth-order valence-electron chi connectivity index (χ4n) is 1.91. The topological polar surface area (TPSA) is 64.1 Å². The molecule has 0 spiro atoms. The van der Waals surface area contributed by atoms with Crippen LogP contribution in [-0.4, -0.2) is 22.6 Å². The molecule has 5 nitrogen and oxygen atoms in total. The van der Waals surface area contributed by atoms with E-state index in [1.165, 1.54) is 13.2 Å². The average molecular weight is 309 g/mol. The second kappa shape index (κ2) is 6.62. The summed E-state index contributed by atoms with van der Waals surface area (Å²) in [4.78, 5) is 12.7. The lowest BCUT2D eigenvalue weighted by Crippen LogP contribution is -2.26. The van der Waals surface area contributed by atoms with Gasteiger partial charge in [-0.15, -0.1) is 5.10 Å². The van der Waals surface area contributed by atoms with Crippen LogP contribution in [0.3, 0.4) is 0 Å². The number of hydrogen-bond donors (Lipinski definition) is 1. The first-order valence-electron chi connectivity index (χ1n) is 6.52. The van der Waals surface area contributed by atoms with Crippen molar-refractivity contribution >= 4 is 17.4 Å². The van der Waals surface area contributed by atoms with Gasteiger partial charge in [-0.2, -0.15) is 0 Å². The molecule has 1 amide bonds. The lowest BCUT2D eigenvalue weighted by molar-refractivity contribution is 0.0943. The first-order chi connectivity index (χ1) is 10.1. The zero-order chi connectivity index (χ0) is 15.4. The number of halogens is 1. The Labute approximate surface area is 126 Å². The van der Waals surface area contributed by atoms with Gasteiger partial charge in [0, 0.05) is 0 Å². The van der Waals surface area contributed by atoms with Crippen LogP contribution >= 0.6 is 11.5 Å². The minimum atomic E-state index is -0.454. The van der Waals surface area contributed by atoms with E-state index < -0.39 is 5.82 Å². The Morgan fingerprint density at radius 1 is 1.52 bits per heavy atom. The number of benzene rings is 1. The summed E-state index contributed by atoms with van der Waals surface area (Å²) in [6.45, 7) is 3.70. The number of carbonyl (C=O) groups excluding carboxylic acids is 1. The van der Waals surface area contributed by atoms with Crippen LogP contribution in [0.25, 0.3) is 0 Å². The Morgan fingerprint density at radius 3 is 2.90 bits per heavy atom. The smallest absolute Gasteiger partial charge is 0.265 e. The average Bonchev–Trinajstić information content (AvgIpc) is 2.95. The van der Waals surface area contributed by atoms with Gasteiger partial charge in [-0.1, -0.05) is 17.5 Å². The molecule has 2 aromatic rings. The molecule has 0 aliphatic heterocycles. The number of rotatable bonds is 5. The van der Waals surface area contributed by atoms with Gasteiger partial charge in [-0.25, -0.2) is 4.39 Å². The van der Waals surface area contributed by atoms with E-state index in [9.17, 15) is 9.18 Å². The highest BCUT2D eigenvalue weighted by molar-refractivity contribution is 7.08. The predicted molar refractivity (Wildman–Crippen MR) is 78.1 cm³/mol. The third kappa shape index (κ3) is 3.36. The van der Waals surface area contributed by atoms with E-state index in [2.05, 4.69) is 14.9 Å². The van der Waals surface area contributed by atoms with Crippen molar-refractivity contribution in [2.24, 2.45) is 0 Å². The number of ether oxygens (including phenoxy) is 1. The van der Waals surface area contributed by atoms with Gasteiger partial charge in [0.2, 0.25) is 0 Å². The van der Waals surface area contributed by atoms with Crippen LogP contribution in [0.1, 0.15) is 40.8 Å². The first-order valence-corrected chi connectivity index (χ1v) is 7.29. The number of aromatic nitrogens is 2. The van der Waals surface area contributed by atoms with Crippen molar-refractivity contribution in [1.82, 2.24) is 14.9 Å². The van der Waals surface area contributed by atoms with E-state index in [4.69, 9.17) is 4.74 Å². The molecule has 1 aromatic carbocycles. The minimum Gasteiger partial charge on any atom is -0.494 e. The van der Waals surface area contributed by atoms with Crippen LogP contribution in [0.5, 0.6) is 5.75 Å². The molecular formula is C14H16FN3O2S. The number of nitrogens with one attached hydrogen (secondary N) is 1. The molecule has 1 heterocycles. The largest absolute Gasteiger partial charge is 0.494 e. The number of carbonyl (C=O) groups is 1. The molecular weight excluding hydrogens is 293 g/mol. The Morgan fingerprint density at radius 2 is 2.29 bits per heavy atom. The van der Waals surface area contributed by atoms with Crippen LogP contribution < -0.4 is 10.1 Å². The van der Waals surface area contributed by atoms with Crippen LogP contribution in [0.4, 0.5) is 4.39 Å². The molecule has 0 aliphatic carbocycles. The summed E-state index contributed by atoms with van der Waals surface area (Å²) in [5, 5.41) is 6.73. The molecule has 1 N–H and O–H groups in total. The number of methoxy groups -OCH3 is 1. The maximum atomic E-state index is 13.7. The van der Waals surface area contributed by atoms with Gasteiger partial charge in [0.25, 0.3) is 5.91 Å². The van der Waals surface area contributed by atoms with Gasteiger partial charge < -0.3 is 10.1 Å². The van der Waals surface area contributed by atoms with Crippen molar-refractivity contribution in [3.63, 3.8) is 0 Å². The summed E-state index contributed by atoms with van der Waals surface area (Å²) in [5.74, 6) is -0.521. The molecule has 0 unspecified atom stereocenters. The molecule has 0 radical (unpaired) electrons. The molecule has 1 aromatic heterocycles. The molecule has 7 heteroatoms. The predicted octanol–water partition coefficient (Wildman–Crippen LogP) is 2.74. The summed E-state index contributed by atoms with van der Waals surface area (Å²) in [6.07, 6.45) is 0.644. The van der Waals surface area contributed by atoms with Crippen LogP contribution in [0.15, 0.2) is 18.2 Å². The Balaban J connectivity index is 2.12. The van der Waals surface area contributed by atoms with Gasteiger partial charge >= 0.3 is 0 Å². The molecule has 112 valence electrons. The molecule has 0 bridgehead atoms. The van der Waals surface area contributed by atoms with E-state index in [1.54, 1.807) is 19.1 Å². The SMILES string of the molecule is CCc1nnsc1C(=O)N[C@@H](C)c1ccc(OC)c(F)c1. The normalized spacial score (nSPS) is 12.0. The van der Waals surface area contributed by atoms with Gasteiger partial charge in [-0.3, -0.25) is 4.79 Å². The van der Waals surface area contributed by atoms with E-state index in [0.717, 1.165) is 11.5 Å². The lowest BCUT2D eigenvalue weighted by atomic mass is 10.1. The van der Waals surface area contributed by atoms with E-state index in [-0.39, 0.29) is 17.7 Å². The lowest BCUT2D eigenvalue weighted by Gasteiger charge is -2.14.